The molecular formula is C16H21N3. The topological polar surface area (TPSA) is 43.8 Å². The van der Waals surface area contributed by atoms with Crippen LogP contribution in [0.2, 0.25) is 0 Å². The van der Waals surface area contributed by atoms with Gasteiger partial charge in [0.1, 0.15) is 0 Å². The Morgan fingerprint density at radius 1 is 1.37 bits per heavy atom. The molecule has 1 heterocycles. The van der Waals surface area contributed by atoms with Crippen molar-refractivity contribution < 1.29 is 0 Å². The maximum Gasteiger partial charge on any atom is 0.0644 e. The van der Waals surface area contributed by atoms with Crippen molar-refractivity contribution in [2.45, 2.75) is 38.1 Å². The monoisotopic (exact) mass is 255 g/mol. The van der Waals surface area contributed by atoms with Crippen LogP contribution in [-0.2, 0) is 7.05 Å². The Hall–Kier alpha value is -1.61. The molecule has 0 radical (unpaired) electrons. The molecule has 0 spiro atoms. The molecule has 2 aromatic rings. The molecule has 2 N–H and O–H groups in total. The van der Waals surface area contributed by atoms with E-state index in [1.54, 1.807) is 0 Å². The molecule has 1 aromatic heterocycles. The molecule has 1 aliphatic carbocycles. The minimum absolute atomic E-state index is 0.0753. The zero-order chi connectivity index (χ0) is 13.4. The highest BCUT2D eigenvalue weighted by Crippen LogP contribution is 2.37. The molecule has 3 heteroatoms. The minimum Gasteiger partial charge on any atom is -0.320 e. The first-order chi connectivity index (χ1) is 9.15. The molecule has 100 valence electrons. The Balaban J connectivity index is 1.90. The lowest BCUT2D eigenvalue weighted by atomic mass is 9.79. The van der Waals surface area contributed by atoms with Crippen LogP contribution in [0.15, 0.2) is 30.5 Å². The number of hydrogen-bond acceptors (Lipinski definition) is 2. The molecule has 0 amide bonds. The first-order valence-corrected chi connectivity index (χ1v) is 7.00. The van der Waals surface area contributed by atoms with E-state index >= 15 is 0 Å². The summed E-state index contributed by atoms with van der Waals surface area (Å²) in [5, 5.41) is 4.38. The van der Waals surface area contributed by atoms with Crippen LogP contribution in [0.3, 0.4) is 0 Å². The van der Waals surface area contributed by atoms with Crippen LogP contribution < -0.4 is 5.73 Å². The third-order valence-corrected chi connectivity index (χ3v) is 4.23. The fourth-order valence-corrected chi connectivity index (χ4v) is 2.85. The molecule has 1 atom stereocenters. The molecule has 1 unspecified atom stereocenters. The fraction of sp³-hybridized carbons (Fsp3) is 0.438. The molecule has 19 heavy (non-hydrogen) atoms. The second kappa shape index (κ2) is 4.82. The Morgan fingerprint density at radius 2 is 2.16 bits per heavy atom. The van der Waals surface area contributed by atoms with E-state index in [9.17, 15) is 0 Å². The summed E-state index contributed by atoms with van der Waals surface area (Å²) in [6.07, 6.45) is 6.04. The van der Waals surface area contributed by atoms with Gasteiger partial charge in [0.15, 0.2) is 0 Å². The Morgan fingerprint density at radius 3 is 2.74 bits per heavy atom. The van der Waals surface area contributed by atoms with Crippen LogP contribution in [0.5, 0.6) is 0 Å². The number of hydrogen-bond donors (Lipinski definition) is 1. The summed E-state index contributed by atoms with van der Waals surface area (Å²) in [7, 11) is 1.94. The molecule has 1 fully saturated rings. The van der Waals surface area contributed by atoms with Crippen LogP contribution in [0.25, 0.3) is 0 Å². The first kappa shape index (κ1) is 12.4. The molecule has 1 saturated carbocycles. The standard InChI is InChI=1S/C16H21N3/c1-11-15(10-19(2)18-11)16(17)14-8-4-7-13(9-14)12-5-3-6-12/h4,7-10,12,16H,3,5-6,17H2,1-2H3. The third kappa shape index (κ3) is 2.30. The van der Waals surface area contributed by atoms with E-state index in [0.717, 1.165) is 17.2 Å². The minimum atomic E-state index is -0.0753. The molecule has 0 saturated heterocycles. The van der Waals surface area contributed by atoms with Gasteiger partial charge < -0.3 is 5.73 Å². The molecule has 0 aliphatic heterocycles. The molecule has 0 bridgehead atoms. The second-order valence-electron chi connectivity index (χ2n) is 5.62. The van der Waals surface area contributed by atoms with Crippen LogP contribution in [-0.4, -0.2) is 9.78 Å². The lowest BCUT2D eigenvalue weighted by Gasteiger charge is -2.26. The number of aryl methyl sites for hydroxylation is 2. The van der Waals surface area contributed by atoms with E-state index in [2.05, 4.69) is 29.4 Å². The van der Waals surface area contributed by atoms with Gasteiger partial charge in [-0.1, -0.05) is 30.7 Å². The van der Waals surface area contributed by atoms with Crippen molar-refractivity contribution in [2.75, 3.05) is 0 Å². The van der Waals surface area contributed by atoms with Gasteiger partial charge in [-0.2, -0.15) is 5.10 Å². The summed E-state index contributed by atoms with van der Waals surface area (Å²) in [5.74, 6) is 0.752. The summed E-state index contributed by atoms with van der Waals surface area (Å²) < 4.78 is 1.83. The van der Waals surface area contributed by atoms with Crippen molar-refractivity contribution in [2.24, 2.45) is 12.8 Å². The Bertz CT molecular complexity index is 581. The molecule has 3 nitrogen and oxygen atoms in total. The predicted octanol–water partition coefficient (Wildman–Crippen LogP) is 3.04. The van der Waals surface area contributed by atoms with Crippen molar-refractivity contribution >= 4 is 0 Å². The van der Waals surface area contributed by atoms with Gasteiger partial charge in [-0.15, -0.1) is 0 Å². The number of nitrogens with zero attached hydrogens (tertiary/aromatic N) is 2. The van der Waals surface area contributed by atoms with Crippen LogP contribution in [0.4, 0.5) is 0 Å². The molecule has 3 rings (SSSR count). The van der Waals surface area contributed by atoms with Crippen molar-refractivity contribution in [1.29, 1.82) is 0 Å². The highest BCUT2D eigenvalue weighted by atomic mass is 15.2. The molecular weight excluding hydrogens is 234 g/mol. The van der Waals surface area contributed by atoms with Crippen LogP contribution in [0, 0.1) is 6.92 Å². The van der Waals surface area contributed by atoms with Gasteiger partial charge in [-0.25, -0.2) is 0 Å². The van der Waals surface area contributed by atoms with Gasteiger partial charge in [-0.05, 0) is 36.8 Å². The highest BCUT2D eigenvalue weighted by molar-refractivity contribution is 5.36. The average Bonchev–Trinajstić information content (AvgIpc) is 2.66. The number of aromatic nitrogens is 2. The van der Waals surface area contributed by atoms with Crippen molar-refractivity contribution in [3.63, 3.8) is 0 Å². The summed E-state index contributed by atoms with van der Waals surface area (Å²) >= 11 is 0. The maximum atomic E-state index is 6.41. The van der Waals surface area contributed by atoms with E-state index < -0.39 is 0 Å². The summed E-state index contributed by atoms with van der Waals surface area (Å²) in [6.45, 7) is 2.02. The van der Waals surface area contributed by atoms with Crippen LogP contribution in [0.1, 0.15) is 53.6 Å². The largest absolute Gasteiger partial charge is 0.320 e. The lowest BCUT2D eigenvalue weighted by molar-refractivity contribution is 0.419. The SMILES string of the molecule is Cc1nn(C)cc1C(N)c1cccc(C2CCC2)c1. The van der Waals surface area contributed by atoms with Gasteiger partial charge in [0.25, 0.3) is 0 Å². The molecule has 1 aromatic carbocycles. The zero-order valence-corrected chi connectivity index (χ0v) is 11.6. The zero-order valence-electron chi connectivity index (χ0n) is 11.6. The van der Waals surface area contributed by atoms with E-state index in [1.807, 2.05) is 24.9 Å². The summed E-state index contributed by atoms with van der Waals surface area (Å²) in [6, 6.07) is 8.69. The van der Waals surface area contributed by atoms with Crippen molar-refractivity contribution in [3.05, 3.63) is 52.8 Å². The van der Waals surface area contributed by atoms with Gasteiger partial charge in [-0.3, -0.25) is 4.68 Å². The number of rotatable bonds is 3. The Labute approximate surface area is 114 Å². The maximum absolute atomic E-state index is 6.41. The Kier molecular flexibility index (Phi) is 3.15. The third-order valence-electron chi connectivity index (χ3n) is 4.23. The number of benzene rings is 1. The predicted molar refractivity (Wildman–Crippen MR) is 77.0 cm³/mol. The quantitative estimate of drug-likeness (QED) is 0.916. The second-order valence-corrected chi connectivity index (χ2v) is 5.62. The number of nitrogens with two attached hydrogens (primary N) is 1. The fourth-order valence-electron chi connectivity index (χ4n) is 2.85. The highest BCUT2D eigenvalue weighted by Gasteiger charge is 2.21. The normalized spacial score (nSPS) is 17.2. The van der Waals surface area contributed by atoms with Gasteiger partial charge >= 0.3 is 0 Å². The van der Waals surface area contributed by atoms with E-state index in [1.165, 1.54) is 30.4 Å². The van der Waals surface area contributed by atoms with E-state index in [-0.39, 0.29) is 6.04 Å². The smallest absolute Gasteiger partial charge is 0.0644 e. The van der Waals surface area contributed by atoms with E-state index in [4.69, 9.17) is 5.73 Å². The van der Waals surface area contributed by atoms with Gasteiger partial charge in [0, 0.05) is 18.8 Å². The van der Waals surface area contributed by atoms with Crippen molar-refractivity contribution in [3.8, 4) is 0 Å². The van der Waals surface area contributed by atoms with Crippen molar-refractivity contribution in [1.82, 2.24) is 9.78 Å². The van der Waals surface area contributed by atoms with Gasteiger partial charge in [0.2, 0.25) is 0 Å². The average molecular weight is 255 g/mol. The van der Waals surface area contributed by atoms with Gasteiger partial charge in [0.05, 0.1) is 11.7 Å². The summed E-state index contributed by atoms with van der Waals surface area (Å²) in [5.41, 5.74) is 11.2. The molecule has 1 aliphatic rings. The first-order valence-electron chi connectivity index (χ1n) is 7.00. The summed E-state index contributed by atoms with van der Waals surface area (Å²) in [4.78, 5) is 0. The van der Waals surface area contributed by atoms with E-state index in [0.29, 0.717) is 0 Å². The van der Waals surface area contributed by atoms with Crippen LogP contribution >= 0.6 is 0 Å². The lowest BCUT2D eigenvalue weighted by Crippen LogP contribution is -2.14.